The Bertz CT molecular complexity index is 800. The molecule has 2 rings (SSSR count). The summed E-state index contributed by atoms with van der Waals surface area (Å²) >= 11 is 3.42. The first-order chi connectivity index (χ1) is 13.1. The van der Waals surface area contributed by atoms with E-state index in [0.717, 1.165) is 16.5 Å². The highest BCUT2D eigenvalue weighted by atomic mass is 79.9. The summed E-state index contributed by atoms with van der Waals surface area (Å²) in [6.45, 7) is 2.44. The van der Waals surface area contributed by atoms with Gasteiger partial charge in [0.25, 0.3) is 0 Å². The van der Waals surface area contributed by atoms with Crippen LogP contribution in [-0.4, -0.2) is 19.6 Å². The van der Waals surface area contributed by atoms with Crippen LogP contribution in [0.25, 0.3) is 0 Å². The minimum absolute atomic E-state index is 0.000150. The summed E-state index contributed by atoms with van der Waals surface area (Å²) in [4.78, 5) is 12.2. The highest BCUT2D eigenvalue weighted by Gasteiger charge is 2.13. The quantitative estimate of drug-likeness (QED) is 0.582. The second-order valence-corrected chi connectivity index (χ2v) is 6.93. The second kappa shape index (κ2) is 10.6. The molecule has 0 aliphatic carbocycles. The lowest BCUT2D eigenvalue weighted by Gasteiger charge is -2.18. The zero-order valence-corrected chi connectivity index (χ0v) is 17.1. The molecule has 1 amide bonds. The number of carbonyl (C=O) groups excluding carboxylic acids is 1. The molecule has 0 aliphatic heterocycles. The van der Waals surface area contributed by atoms with E-state index in [9.17, 15) is 4.79 Å². The molecule has 2 aromatic rings. The molecule has 0 bridgehead atoms. The Morgan fingerprint density at radius 3 is 2.59 bits per heavy atom. The van der Waals surface area contributed by atoms with Crippen molar-refractivity contribution in [3.05, 3.63) is 58.1 Å². The molecular weight excluding hydrogens is 408 g/mol. The molecule has 5 nitrogen and oxygen atoms in total. The van der Waals surface area contributed by atoms with E-state index < -0.39 is 0 Å². The first kappa shape index (κ1) is 20.8. The standard InChI is InChI=1S/C21H23BrN2O3/c1-3-18(16-7-9-17(22)10-8-16)24-21(25)5-4-12-27-19-11-6-15(14-23)13-20(19)26-2/h6-11,13,18H,3-5,12H2,1-2H3,(H,24,25). The Balaban J connectivity index is 1.80. The summed E-state index contributed by atoms with van der Waals surface area (Å²) in [6.07, 6.45) is 1.80. The number of nitrogens with one attached hydrogen (secondary N) is 1. The third kappa shape index (κ3) is 6.30. The number of methoxy groups -OCH3 is 1. The van der Waals surface area contributed by atoms with Gasteiger partial charge in [-0.15, -0.1) is 0 Å². The Morgan fingerprint density at radius 2 is 1.96 bits per heavy atom. The highest BCUT2D eigenvalue weighted by molar-refractivity contribution is 9.10. The summed E-state index contributed by atoms with van der Waals surface area (Å²) in [7, 11) is 1.53. The molecule has 0 radical (unpaired) electrons. The zero-order valence-electron chi connectivity index (χ0n) is 15.5. The van der Waals surface area contributed by atoms with Crippen molar-refractivity contribution in [3.8, 4) is 17.6 Å². The van der Waals surface area contributed by atoms with Crippen LogP contribution in [0.2, 0.25) is 0 Å². The van der Waals surface area contributed by atoms with E-state index in [-0.39, 0.29) is 11.9 Å². The van der Waals surface area contributed by atoms with Crippen molar-refractivity contribution < 1.29 is 14.3 Å². The largest absolute Gasteiger partial charge is 0.493 e. The summed E-state index contributed by atoms with van der Waals surface area (Å²) in [6, 6.07) is 15.1. The number of rotatable bonds is 9. The van der Waals surface area contributed by atoms with Crippen LogP contribution in [0.3, 0.4) is 0 Å². The van der Waals surface area contributed by atoms with Crippen molar-refractivity contribution in [1.82, 2.24) is 5.32 Å². The van der Waals surface area contributed by atoms with Crippen molar-refractivity contribution in [1.29, 1.82) is 5.26 Å². The molecule has 1 unspecified atom stereocenters. The molecule has 0 spiro atoms. The highest BCUT2D eigenvalue weighted by Crippen LogP contribution is 2.28. The Hall–Kier alpha value is -2.52. The van der Waals surface area contributed by atoms with E-state index >= 15 is 0 Å². The number of amides is 1. The topological polar surface area (TPSA) is 71.3 Å². The molecule has 0 fully saturated rings. The lowest BCUT2D eigenvalue weighted by molar-refractivity contribution is -0.122. The maximum Gasteiger partial charge on any atom is 0.220 e. The smallest absolute Gasteiger partial charge is 0.220 e. The molecule has 1 atom stereocenters. The average molecular weight is 431 g/mol. The van der Waals surface area contributed by atoms with Gasteiger partial charge in [-0.25, -0.2) is 0 Å². The first-order valence-corrected chi connectivity index (χ1v) is 9.62. The van der Waals surface area contributed by atoms with Crippen LogP contribution in [0.4, 0.5) is 0 Å². The minimum Gasteiger partial charge on any atom is -0.493 e. The fourth-order valence-corrected chi connectivity index (χ4v) is 2.92. The number of nitriles is 1. The maximum absolute atomic E-state index is 12.2. The second-order valence-electron chi connectivity index (χ2n) is 6.01. The molecule has 0 heterocycles. The summed E-state index contributed by atoms with van der Waals surface area (Å²) in [5, 5.41) is 12.0. The summed E-state index contributed by atoms with van der Waals surface area (Å²) in [5.41, 5.74) is 1.60. The number of halogens is 1. The van der Waals surface area contributed by atoms with Gasteiger partial charge < -0.3 is 14.8 Å². The molecule has 0 saturated heterocycles. The van der Waals surface area contributed by atoms with Crippen LogP contribution in [0, 0.1) is 11.3 Å². The number of hydrogen-bond donors (Lipinski definition) is 1. The van der Waals surface area contributed by atoms with E-state index in [1.165, 1.54) is 7.11 Å². The SMILES string of the molecule is CCC(NC(=O)CCCOc1ccc(C#N)cc1OC)c1ccc(Br)cc1. The lowest BCUT2D eigenvalue weighted by Crippen LogP contribution is -2.28. The molecule has 0 saturated carbocycles. The predicted octanol–water partition coefficient (Wildman–Crippen LogP) is 4.76. The van der Waals surface area contributed by atoms with Gasteiger partial charge in [0.2, 0.25) is 5.91 Å². The van der Waals surface area contributed by atoms with Gasteiger partial charge in [-0.05, 0) is 42.7 Å². The number of nitrogens with zero attached hydrogens (tertiary/aromatic N) is 1. The van der Waals surface area contributed by atoms with Gasteiger partial charge >= 0.3 is 0 Å². The molecule has 27 heavy (non-hydrogen) atoms. The summed E-state index contributed by atoms with van der Waals surface area (Å²) in [5.74, 6) is 1.08. The van der Waals surface area contributed by atoms with Crippen molar-refractivity contribution in [2.45, 2.75) is 32.2 Å². The van der Waals surface area contributed by atoms with E-state index in [2.05, 4.69) is 27.3 Å². The Morgan fingerprint density at radius 1 is 1.22 bits per heavy atom. The first-order valence-electron chi connectivity index (χ1n) is 8.83. The van der Waals surface area contributed by atoms with Gasteiger partial charge in [-0.3, -0.25) is 4.79 Å². The maximum atomic E-state index is 12.2. The predicted molar refractivity (Wildman–Crippen MR) is 108 cm³/mol. The number of hydrogen-bond acceptors (Lipinski definition) is 4. The molecule has 0 aromatic heterocycles. The van der Waals surface area contributed by atoms with E-state index in [4.69, 9.17) is 14.7 Å². The van der Waals surface area contributed by atoms with Crippen LogP contribution in [-0.2, 0) is 4.79 Å². The van der Waals surface area contributed by atoms with Crippen molar-refractivity contribution in [2.75, 3.05) is 13.7 Å². The number of carbonyl (C=O) groups is 1. The van der Waals surface area contributed by atoms with Gasteiger partial charge in [0.1, 0.15) is 0 Å². The molecule has 6 heteroatoms. The Kier molecular flexibility index (Phi) is 8.15. The molecule has 1 N–H and O–H groups in total. The van der Waals surface area contributed by atoms with E-state index in [1.54, 1.807) is 18.2 Å². The molecule has 2 aromatic carbocycles. The summed E-state index contributed by atoms with van der Waals surface area (Å²) < 4.78 is 11.9. The van der Waals surface area contributed by atoms with Crippen LogP contribution >= 0.6 is 15.9 Å². The molecule has 142 valence electrons. The van der Waals surface area contributed by atoms with Crippen LogP contribution in [0.15, 0.2) is 46.9 Å². The van der Waals surface area contributed by atoms with Crippen molar-refractivity contribution >= 4 is 21.8 Å². The average Bonchev–Trinajstić information content (AvgIpc) is 2.70. The monoisotopic (exact) mass is 430 g/mol. The normalized spacial score (nSPS) is 11.3. The fraction of sp³-hybridized carbons (Fsp3) is 0.333. The van der Waals surface area contributed by atoms with E-state index in [0.29, 0.717) is 36.5 Å². The van der Waals surface area contributed by atoms with Crippen LogP contribution in [0.5, 0.6) is 11.5 Å². The van der Waals surface area contributed by atoms with Crippen LogP contribution < -0.4 is 14.8 Å². The van der Waals surface area contributed by atoms with Crippen LogP contribution in [0.1, 0.15) is 43.4 Å². The third-order valence-corrected chi connectivity index (χ3v) is 4.64. The van der Waals surface area contributed by atoms with Crippen molar-refractivity contribution in [2.24, 2.45) is 0 Å². The third-order valence-electron chi connectivity index (χ3n) is 4.11. The van der Waals surface area contributed by atoms with E-state index in [1.807, 2.05) is 31.2 Å². The van der Waals surface area contributed by atoms with Gasteiger partial charge in [0.15, 0.2) is 11.5 Å². The van der Waals surface area contributed by atoms with Gasteiger partial charge in [-0.2, -0.15) is 5.26 Å². The lowest BCUT2D eigenvalue weighted by atomic mass is 10.0. The zero-order chi connectivity index (χ0) is 19.6. The number of benzene rings is 2. The molecular formula is C21H23BrN2O3. The van der Waals surface area contributed by atoms with Gasteiger partial charge in [0, 0.05) is 17.0 Å². The van der Waals surface area contributed by atoms with Crippen molar-refractivity contribution in [3.63, 3.8) is 0 Å². The fourth-order valence-electron chi connectivity index (χ4n) is 2.65. The van der Waals surface area contributed by atoms with Gasteiger partial charge in [-0.1, -0.05) is 35.0 Å². The van der Waals surface area contributed by atoms with Gasteiger partial charge in [0.05, 0.1) is 31.4 Å². The minimum atomic E-state index is 0.000150. The number of ether oxygens (including phenoxy) is 2. The molecule has 0 aliphatic rings. The Labute approximate surface area is 168 Å².